The molecule has 0 aromatic carbocycles. The maximum absolute atomic E-state index is 12.6. The Balaban J connectivity index is 1.52. The Hall–Kier alpha value is -0.650. The predicted molar refractivity (Wildman–Crippen MR) is 84.5 cm³/mol. The molecule has 22 heavy (non-hydrogen) atoms. The number of nitrogens with one attached hydrogen (secondary N) is 1. The fourth-order valence-corrected chi connectivity index (χ4v) is 4.38. The van der Waals surface area contributed by atoms with E-state index in [1.807, 2.05) is 14.1 Å². The summed E-state index contributed by atoms with van der Waals surface area (Å²) < 4.78 is 11.6. The highest BCUT2D eigenvalue weighted by Crippen LogP contribution is 2.40. The number of hydrogen-bond acceptors (Lipinski definition) is 4. The van der Waals surface area contributed by atoms with Crippen LogP contribution in [0.25, 0.3) is 0 Å². The number of amides is 1. The molecule has 3 aliphatic rings. The first kappa shape index (κ1) is 16.2. The van der Waals surface area contributed by atoms with Gasteiger partial charge in [-0.1, -0.05) is 12.8 Å². The van der Waals surface area contributed by atoms with E-state index in [0.717, 1.165) is 58.3 Å². The standard InChI is InChI=1S/C17H30N2O3/c1-19(2)15(20)16(7-3-4-8-16)13-18-14-5-9-17(10-6-14)21-11-12-22-17/h14,18H,3-13H2,1-2H3. The second-order valence-corrected chi connectivity index (χ2v) is 7.45. The van der Waals surface area contributed by atoms with Gasteiger partial charge in [0.25, 0.3) is 0 Å². The summed E-state index contributed by atoms with van der Waals surface area (Å²) in [6.07, 6.45) is 8.50. The SMILES string of the molecule is CN(C)C(=O)C1(CNC2CCC3(CC2)OCCO3)CCCC1. The third-order valence-electron chi connectivity index (χ3n) is 5.71. The molecular formula is C17H30N2O3. The first-order chi connectivity index (χ1) is 10.6. The van der Waals surface area contributed by atoms with Gasteiger partial charge in [-0.15, -0.1) is 0 Å². The smallest absolute Gasteiger partial charge is 0.229 e. The largest absolute Gasteiger partial charge is 0.348 e. The molecule has 3 rings (SSSR count). The quantitative estimate of drug-likeness (QED) is 0.862. The van der Waals surface area contributed by atoms with Crippen LogP contribution in [-0.2, 0) is 14.3 Å². The molecule has 0 aromatic rings. The summed E-state index contributed by atoms with van der Waals surface area (Å²) in [4.78, 5) is 14.4. The highest BCUT2D eigenvalue weighted by atomic mass is 16.7. The van der Waals surface area contributed by atoms with Gasteiger partial charge < -0.3 is 19.7 Å². The molecule has 0 bridgehead atoms. The molecule has 2 aliphatic carbocycles. The van der Waals surface area contributed by atoms with Gasteiger partial charge in [0.2, 0.25) is 5.91 Å². The van der Waals surface area contributed by atoms with Crippen molar-refractivity contribution < 1.29 is 14.3 Å². The van der Waals surface area contributed by atoms with Crippen LogP contribution in [0.5, 0.6) is 0 Å². The average molecular weight is 310 g/mol. The Bertz CT molecular complexity index is 389. The lowest BCUT2D eigenvalue weighted by atomic mass is 9.83. The van der Waals surface area contributed by atoms with E-state index in [4.69, 9.17) is 9.47 Å². The second-order valence-electron chi connectivity index (χ2n) is 7.45. The minimum atomic E-state index is -0.289. The van der Waals surface area contributed by atoms with Crippen molar-refractivity contribution in [1.29, 1.82) is 0 Å². The highest BCUT2D eigenvalue weighted by molar-refractivity contribution is 5.82. The van der Waals surface area contributed by atoms with Crippen LogP contribution in [0.15, 0.2) is 0 Å². The topological polar surface area (TPSA) is 50.8 Å². The molecule has 1 spiro atoms. The monoisotopic (exact) mass is 310 g/mol. The third kappa shape index (κ3) is 3.17. The number of ether oxygens (including phenoxy) is 2. The van der Waals surface area contributed by atoms with Crippen LogP contribution in [0.3, 0.4) is 0 Å². The molecule has 1 aliphatic heterocycles. The highest BCUT2D eigenvalue weighted by Gasteiger charge is 2.44. The summed E-state index contributed by atoms with van der Waals surface area (Å²) in [5, 5.41) is 3.69. The first-order valence-corrected chi connectivity index (χ1v) is 8.78. The van der Waals surface area contributed by atoms with Crippen LogP contribution in [0.4, 0.5) is 0 Å². The average Bonchev–Trinajstić information content (AvgIpc) is 3.17. The summed E-state index contributed by atoms with van der Waals surface area (Å²) in [7, 11) is 3.75. The molecule has 5 heteroatoms. The lowest BCUT2D eigenvalue weighted by molar-refractivity contribution is -0.179. The lowest BCUT2D eigenvalue weighted by Crippen LogP contribution is -2.49. The van der Waals surface area contributed by atoms with E-state index in [2.05, 4.69) is 5.32 Å². The Morgan fingerprint density at radius 1 is 1.09 bits per heavy atom. The minimum absolute atomic E-state index is 0.168. The van der Waals surface area contributed by atoms with Crippen molar-refractivity contribution in [3.05, 3.63) is 0 Å². The fourth-order valence-electron chi connectivity index (χ4n) is 4.38. The lowest BCUT2D eigenvalue weighted by Gasteiger charge is -2.38. The van der Waals surface area contributed by atoms with Gasteiger partial charge in [-0.3, -0.25) is 4.79 Å². The van der Waals surface area contributed by atoms with Crippen molar-refractivity contribution in [2.24, 2.45) is 5.41 Å². The van der Waals surface area contributed by atoms with E-state index in [-0.39, 0.29) is 11.2 Å². The Kier molecular flexibility index (Phi) is 4.76. The molecule has 0 atom stereocenters. The zero-order chi connectivity index (χ0) is 15.6. The molecule has 126 valence electrons. The Morgan fingerprint density at radius 2 is 1.68 bits per heavy atom. The van der Waals surface area contributed by atoms with Crippen molar-refractivity contribution in [2.75, 3.05) is 33.9 Å². The Labute approximate surface area is 133 Å². The van der Waals surface area contributed by atoms with E-state index in [9.17, 15) is 4.79 Å². The van der Waals surface area contributed by atoms with E-state index < -0.39 is 0 Å². The molecule has 3 fully saturated rings. The van der Waals surface area contributed by atoms with Crippen molar-refractivity contribution in [2.45, 2.75) is 63.2 Å². The van der Waals surface area contributed by atoms with Gasteiger partial charge in [-0.05, 0) is 25.7 Å². The number of carbonyl (C=O) groups is 1. The van der Waals surface area contributed by atoms with Crippen LogP contribution < -0.4 is 5.32 Å². The van der Waals surface area contributed by atoms with Gasteiger partial charge in [-0.25, -0.2) is 0 Å². The van der Waals surface area contributed by atoms with Crippen molar-refractivity contribution in [3.63, 3.8) is 0 Å². The maximum atomic E-state index is 12.6. The van der Waals surface area contributed by atoms with Gasteiger partial charge in [-0.2, -0.15) is 0 Å². The summed E-state index contributed by atoms with van der Waals surface area (Å²) in [6.45, 7) is 2.29. The van der Waals surface area contributed by atoms with Crippen molar-refractivity contribution >= 4 is 5.91 Å². The number of hydrogen-bond donors (Lipinski definition) is 1. The van der Waals surface area contributed by atoms with Crippen LogP contribution >= 0.6 is 0 Å². The first-order valence-electron chi connectivity index (χ1n) is 8.78. The van der Waals surface area contributed by atoms with E-state index in [0.29, 0.717) is 11.9 Å². The van der Waals surface area contributed by atoms with Crippen molar-refractivity contribution in [1.82, 2.24) is 10.2 Å². The van der Waals surface area contributed by atoms with Crippen LogP contribution in [0.1, 0.15) is 51.4 Å². The number of rotatable bonds is 4. The normalized spacial score (nSPS) is 27.4. The van der Waals surface area contributed by atoms with Gasteiger partial charge >= 0.3 is 0 Å². The van der Waals surface area contributed by atoms with Crippen LogP contribution in [-0.4, -0.2) is 56.5 Å². The van der Waals surface area contributed by atoms with E-state index in [1.54, 1.807) is 4.90 Å². The molecule has 0 radical (unpaired) electrons. The molecule has 5 nitrogen and oxygen atoms in total. The zero-order valence-corrected chi connectivity index (χ0v) is 14.0. The summed E-state index contributed by atoms with van der Waals surface area (Å²) in [5.74, 6) is 0.00936. The number of carbonyl (C=O) groups excluding carboxylic acids is 1. The molecular weight excluding hydrogens is 280 g/mol. The van der Waals surface area contributed by atoms with Gasteiger partial charge in [0, 0.05) is 39.5 Å². The van der Waals surface area contributed by atoms with Crippen molar-refractivity contribution in [3.8, 4) is 0 Å². The number of nitrogens with zero attached hydrogens (tertiary/aromatic N) is 1. The van der Waals surface area contributed by atoms with E-state index >= 15 is 0 Å². The van der Waals surface area contributed by atoms with Gasteiger partial charge in [0.1, 0.15) is 0 Å². The fraction of sp³-hybridized carbons (Fsp3) is 0.941. The van der Waals surface area contributed by atoms with Gasteiger partial charge in [0.15, 0.2) is 5.79 Å². The molecule has 0 unspecified atom stereocenters. The minimum Gasteiger partial charge on any atom is -0.348 e. The van der Waals surface area contributed by atoms with Crippen LogP contribution in [0.2, 0.25) is 0 Å². The third-order valence-corrected chi connectivity index (χ3v) is 5.71. The molecule has 0 aromatic heterocycles. The zero-order valence-electron chi connectivity index (χ0n) is 14.0. The molecule has 1 N–H and O–H groups in total. The molecule has 1 amide bonds. The molecule has 1 heterocycles. The second kappa shape index (κ2) is 6.46. The summed E-state index contributed by atoms with van der Waals surface area (Å²) >= 11 is 0. The molecule has 2 saturated carbocycles. The summed E-state index contributed by atoms with van der Waals surface area (Å²) in [5.41, 5.74) is -0.168. The van der Waals surface area contributed by atoms with Crippen LogP contribution in [0, 0.1) is 5.41 Å². The Morgan fingerprint density at radius 3 is 2.23 bits per heavy atom. The summed E-state index contributed by atoms with van der Waals surface area (Å²) in [6, 6.07) is 0.492. The van der Waals surface area contributed by atoms with Gasteiger partial charge in [0.05, 0.1) is 18.6 Å². The van der Waals surface area contributed by atoms with E-state index in [1.165, 1.54) is 12.8 Å². The maximum Gasteiger partial charge on any atom is 0.229 e. The molecule has 1 saturated heterocycles. The predicted octanol–water partition coefficient (Wildman–Crippen LogP) is 1.91.